The Kier molecular flexibility index (Phi) is 9.52. The van der Waals surface area contributed by atoms with E-state index in [2.05, 4.69) is 15.6 Å². The van der Waals surface area contributed by atoms with Crippen LogP contribution in [0.2, 0.25) is 10.0 Å². The predicted octanol–water partition coefficient (Wildman–Crippen LogP) is 5.17. The van der Waals surface area contributed by atoms with Gasteiger partial charge in [0.2, 0.25) is 0 Å². The van der Waals surface area contributed by atoms with Gasteiger partial charge in [-0.25, -0.2) is 4.98 Å². The molecule has 0 spiro atoms. The summed E-state index contributed by atoms with van der Waals surface area (Å²) in [5, 5.41) is 15.8. The largest absolute Gasteiger partial charge is 0.492 e. The Morgan fingerprint density at radius 3 is 2.53 bits per heavy atom. The smallest absolute Gasteiger partial charge is 0.255 e. The van der Waals surface area contributed by atoms with Crippen molar-refractivity contribution in [2.24, 2.45) is 5.92 Å². The highest BCUT2D eigenvalue weighted by atomic mass is 35.5. The van der Waals surface area contributed by atoms with E-state index in [1.165, 1.54) is 7.05 Å². The summed E-state index contributed by atoms with van der Waals surface area (Å²) in [6, 6.07) is 13.0. The van der Waals surface area contributed by atoms with Crippen molar-refractivity contribution in [3.05, 3.63) is 75.9 Å². The number of anilines is 3. The van der Waals surface area contributed by atoms with E-state index in [0.29, 0.717) is 50.7 Å². The first-order valence-electron chi connectivity index (χ1n) is 11.3. The third-order valence-corrected chi connectivity index (χ3v) is 5.71. The van der Waals surface area contributed by atoms with E-state index in [0.717, 1.165) is 0 Å². The SMILES string of the molecule is CNC(=O)c1cc(NC(=O)c2ccc(Cl)c(N(CCO)c3ncccc3Cl)c2)ccc1OCC(C)C. The minimum Gasteiger partial charge on any atom is -0.492 e. The minimum atomic E-state index is -0.414. The van der Waals surface area contributed by atoms with Crippen molar-refractivity contribution in [1.29, 1.82) is 0 Å². The Labute approximate surface area is 220 Å². The van der Waals surface area contributed by atoms with Crippen LogP contribution < -0.4 is 20.3 Å². The van der Waals surface area contributed by atoms with Gasteiger partial charge in [0, 0.05) is 31.0 Å². The fraction of sp³-hybridized carbons (Fsp3) is 0.269. The fourth-order valence-corrected chi connectivity index (χ4v) is 3.83. The monoisotopic (exact) mass is 530 g/mol. The van der Waals surface area contributed by atoms with Crippen LogP contribution in [0.5, 0.6) is 5.75 Å². The number of halogens is 2. The van der Waals surface area contributed by atoms with Crippen LogP contribution in [0.4, 0.5) is 17.2 Å². The van der Waals surface area contributed by atoms with Crippen molar-refractivity contribution in [1.82, 2.24) is 10.3 Å². The van der Waals surface area contributed by atoms with Gasteiger partial charge in [-0.15, -0.1) is 0 Å². The summed E-state index contributed by atoms with van der Waals surface area (Å²) in [5.41, 5.74) is 1.51. The second-order valence-electron chi connectivity index (χ2n) is 8.30. The highest BCUT2D eigenvalue weighted by Gasteiger charge is 2.20. The maximum absolute atomic E-state index is 13.1. The van der Waals surface area contributed by atoms with Crippen molar-refractivity contribution in [3.63, 3.8) is 0 Å². The highest BCUT2D eigenvalue weighted by Crippen LogP contribution is 2.35. The molecule has 1 aromatic heterocycles. The van der Waals surface area contributed by atoms with Gasteiger partial charge >= 0.3 is 0 Å². The molecule has 0 fully saturated rings. The minimum absolute atomic E-state index is 0.162. The molecule has 0 unspecified atom stereocenters. The lowest BCUT2D eigenvalue weighted by Gasteiger charge is -2.25. The zero-order valence-corrected chi connectivity index (χ0v) is 21.7. The first-order chi connectivity index (χ1) is 17.2. The van der Waals surface area contributed by atoms with Crippen LogP contribution in [0.15, 0.2) is 54.7 Å². The number of rotatable bonds is 10. The summed E-state index contributed by atoms with van der Waals surface area (Å²) in [6.45, 7) is 4.45. The summed E-state index contributed by atoms with van der Waals surface area (Å²) < 4.78 is 5.77. The lowest BCUT2D eigenvalue weighted by atomic mass is 10.1. The average Bonchev–Trinajstić information content (AvgIpc) is 2.86. The van der Waals surface area contributed by atoms with Gasteiger partial charge in [-0.2, -0.15) is 0 Å². The number of pyridine rings is 1. The van der Waals surface area contributed by atoms with Crippen LogP contribution >= 0.6 is 23.2 Å². The highest BCUT2D eigenvalue weighted by molar-refractivity contribution is 6.35. The van der Waals surface area contributed by atoms with Gasteiger partial charge in [-0.05, 0) is 54.4 Å². The Morgan fingerprint density at radius 2 is 1.86 bits per heavy atom. The molecule has 3 aromatic rings. The van der Waals surface area contributed by atoms with E-state index < -0.39 is 5.91 Å². The number of hydrogen-bond donors (Lipinski definition) is 3. The number of aliphatic hydroxyl groups is 1. The van der Waals surface area contributed by atoms with Crippen LogP contribution in [0.3, 0.4) is 0 Å². The van der Waals surface area contributed by atoms with Gasteiger partial charge < -0.3 is 25.4 Å². The molecule has 0 bridgehead atoms. The Hall–Kier alpha value is -3.33. The van der Waals surface area contributed by atoms with Gasteiger partial charge in [0.05, 0.1) is 34.5 Å². The molecule has 0 aliphatic carbocycles. The zero-order valence-electron chi connectivity index (χ0n) is 20.2. The molecule has 0 aliphatic rings. The third-order valence-electron chi connectivity index (χ3n) is 5.10. The lowest BCUT2D eigenvalue weighted by molar-refractivity contribution is 0.0956. The molecule has 36 heavy (non-hydrogen) atoms. The van der Waals surface area contributed by atoms with Gasteiger partial charge in [-0.1, -0.05) is 37.0 Å². The standard InChI is InChI=1S/C26H28Cl2N4O4/c1-16(2)15-36-23-9-7-18(14-19(23)26(35)29-3)31-25(34)17-6-8-20(27)22(13-17)32(11-12-33)24-21(28)5-4-10-30-24/h4-10,13-14,16,33H,11-12,15H2,1-3H3,(H,29,35)(H,31,34). The van der Waals surface area contributed by atoms with Crippen molar-refractivity contribution < 1.29 is 19.4 Å². The molecule has 1 heterocycles. The molecule has 8 nitrogen and oxygen atoms in total. The van der Waals surface area contributed by atoms with Crippen molar-refractivity contribution >= 4 is 52.2 Å². The predicted molar refractivity (Wildman–Crippen MR) is 143 cm³/mol. The number of benzene rings is 2. The number of aromatic nitrogens is 1. The van der Waals surface area contributed by atoms with E-state index >= 15 is 0 Å². The Morgan fingerprint density at radius 1 is 1.08 bits per heavy atom. The zero-order chi connectivity index (χ0) is 26.2. The maximum Gasteiger partial charge on any atom is 0.255 e. The molecule has 0 aliphatic heterocycles. The Balaban J connectivity index is 1.90. The van der Waals surface area contributed by atoms with Crippen LogP contribution in [-0.2, 0) is 0 Å². The van der Waals surface area contributed by atoms with E-state index in [4.69, 9.17) is 27.9 Å². The topological polar surface area (TPSA) is 104 Å². The quantitative estimate of drug-likeness (QED) is 0.334. The van der Waals surface area contributed by atoms with E-state index in [-0.39, 0.29) is 25.0 Å². The number of hydrogen-bond acceptors (Lipinski definition) is 6. The molecule has 2 aromatic carbocycles. The number of aliphatic hydroxyl groups excluding tert-OH is 1. The summed E-state index contributed by atoms with van der Waals surface area (Å²) in [4.78, 5) is 31.5. The summed E-state index contributed by atoms with van der Waals surface area (Å²) in [7, 11) is 1.53. The van der Waals surface area contributed by atoms with E-state index in [1.54, 1.807) is 59.6 Å². The molecule has 0 atom stereocenters. The summed E-state index contributed by atoms with van der Waals surface area (Å²) in [6.07, 6.45) is 1.58. The Bertz CT molecular complexity index is 1240. The molecule has 3 rings (SSSR count). The molecule has 3 N–H and O–H groups in total. The van der Waals surface area contributed by atoms with Crippen molar-refractivity contribution in [2.45, 2.75) is 13.8 Å². The maximum atomic E-state index is 13.1. The first kappa shape index (κ1) is 27.3. The summed E-state index contributed by atoms with van der Waals surface area (Å²) in [5.74, 6) is 0.377. The molecule has 0 saturated heterocycles. The number of ether oxygens (including phenoxy) is 1. The first-order valence-corrected chi connectivity index (χ1v) is 12.1. The molecule has 2 amide bonds. The second-order valence-corrected chi connectivity index (χ2v) is 9.11. The molecule has 10 heteroatoms. The van der Waals surface area contributed by atoms with Crippen LogP contribution in [0, 0.1) is 5.92 Å². The van der Waals surface area contributed by atoms with E-state index in [1.807, 2.05) is 13.8 Å². The molecule has 190 valence electrons. The number of nitrogens with one attached hydrogen (secondary N) is 2. The van der Waals surface area contributed by atoms with Gasteiger partial charge in [0.15, 0.2) is 5.82 Å². The van der Waals surface area contributed by atoms with Crippen LogP contribution in [-0.4, -0.2) is 48.7 Å². The second kappa shape index (κ2) is 12.6. The summed E-state index contributed by atoms with van der Waals surface area (Å²) >= 11 is 12.8. The van der Waals surface area contributed by atoms with Crippen molar-refractivity contribution in [3.8, 4) is 5.75 Å². The molecule has 0 saturated carbocycles. The van der Waals surface area contributed by atoms with Crippen LogP contribution in [0.1, 0.15) is 34.6 Å². The molecular formula is C26H28Cl2N4O4. The van der Waals surface area contributed by atoms with Crippen molar-refractivity contribution in [2.75, 3.05) is 37.0 Å². The number of carbonyl (C=O) groups is 2. The van der Waals surface area contributed by atoms with E-state index in [9.17, 15) is 14.7 Å². The fourth-order valence-electron chi connectivity index (χ4n) is 3.38. The van der Waals surface area contributed by atoms with Crippen LogP contribution in [0.25, 0.3) is 0 Å². The van der Waals surface area contributed by atoms with Gasteiger partial charge in [0.25, 0.3) is 11.8 Å². The van der Waals surface area contributed by atoms with Gasteiger partial charge in [-0.3, -0.25) is 9.59 Å². The normalized spacial score (nSPS) is 10.8. The number of amides is 2. The number of nitrogens with zero attached hydrogens (tertiary/aromatic N) is 2. The molecular weight excluding hydrogens is 503 g/mol. The third kappa shape index (κ3) is 6.66. The lowest BCUT2D eigenvalue weighted by Crippen LogP contribution is -2.23. The van der Waals surface area contributed by atoms with Gasteiger partial charge in [0.1, 0.15) is 5.75 Å². The average molecular weight is 531 g/mol. The number of carbonyl (C=O) groups excluding carboxylic acids is 2. The molecule has 0 radical (unpaired) electrons.